The molecule has 1 N–H and O–H groups in total. The minimum absolute atomic E-state index is 0.00374. The molecule has 0 radical (unpaired) electrons. The maximum absolute atomic E-state index is 14.2. The van der Waals surface area contributed by atoms with Gasteiger partial charge in [0, 0.05) is 0 Å². The normalized spacial score (nSPS) is 13.8. The maximum atomic E-state index is 14.2. The van der Waals surface area contributed by atoms with Crippen LogP contribution in [-0.2, 0) is 15.7 Å². The number of benzene rings is 2. The Morgan fingerprint density at radius 1 is 1.03 bits per heavy atom. The first-order valence-corrected chi connectivity index (χ1v) is 8.92. The number of nitrogens with one attached hydrogen (secondary N) is 1. The second-order valence-corrected chi connectivity index (χ2v) is 7.11. The summed E-state index contributed by atoms with van der Waals surface area (Å²) in [6, 6.07) is 0.824. The number of hydrogen-bond donors (Lipinski definition) is 1. The van der Waals surface area contributed by atoms with Gasteiger partial charge in [0.05, 0.1) is 21.8 Å². The van der Waals surface area contributed by atoms with Crippen LogP contribution in [0, 0.1) is 29.2 Å². The van der Waals surface area contributed by atoms with Gasteiger partial charge in [0.15, 0.2) is 23.3 Å². The highest BCUT2D eigenvalue weighted by atomic mass is 35.5. The molecule has 0 fully saturated rings. The van der Waals surface area contributed by atoms with Crippen LogP contribution < -0.4 is 5.32 Å². The van der Waals surface area contributed by atoms with Crippen molar-refractivity contribution in [1.29, 1.82) is 0 Å². The first-order chi connectivity index (χ1) is 14.2. The maximum Gasteiger partial charge on any atom is 0.416 e. The molecule has 0 aliphatic rings. The number of hydrogen-bond acceptors (Lipinski definition) is 3. The Labute approximate surface area is 175 Å². The predicted molar refractivity (Wildman–Crippen MR) is 94.9 cm³/mol. The summed E-state index contributed by atoms with van der Waals surface area (Å²) in [5.41, 5.74) is -2.56. The standard InChI is InChI=1S/C19H14ClF8NO2/c1-7(2)16(29-12-4-3-8(5-10(12)20)19(26,27)28)18(30)31-17(25)9-6-11(21)14(23)15(24)13(9)22/h3-7,16-17,29H,1-2H3. The van der Waals surface area contributed by atoms with Crippen molar-refractivity contribution in [3.63, 3.8) is 0 Å². The van der Waals surface area contributed by atoms with Gasteiger partial charge in [0.2, 0.25) is 0 Å². The van der Waals surface area contributed by atoms with Gasteiger partial charge in [0.25, 0.3) is 6.36 Å². The summed E-state index contributed by atoms with van der Waals surface area (Å²) in [5, 5.41) is 2.08. The largest absolute Gasteiger partial charge is 0.425 e. The van der Waals surface area contributed by atoms with Crippen LogP contribution >= 0.6 is 11.6 Å². The second kappa shape index (κ2) is 9.29. The summed E-state index contributed by atoms with van der Waals surface area (Å²) in [6.07, 6.45) is -7.66. The number of anilines is 1. The molecule has 0 aliphatic heterocycles. The van der Waals surface area contributed by atoms with Gasteiger partial charge >= 0.3 is 12.1 Å². The molecule has 3 nitrogen and oxygen atoms in total. The highest BCUT2D eigenvalue weighted by Crippen LogP contribution is 2.34. The van der Waals surface area contributed by atoms with Gasteiger partial charge in [-0.2, -0.15) is 17.6 Å². The molecule has 12 heteroatoms. The van der Waals surface area contributed by atoms with Crippen molar-refractivity contribution >= 4 is 23.3 Å². The van der Waals surface area contributed by atoms with Gasteiger partial charge in [-0.15, -0.1) is 0 Å². The molecule has 0 saturated heterocycles. The fourth-order valence-corrected chi connectivity index (χ4v) is 2.70. The van der Waals surface area contributed by atoms with Crippen molar-refractivity contribution in [2.75, 3.05) is 5.32 Å². The van der Waals surface area contributed by atoms with Gasteiger partial charge in [-0.25, -0.2) is 22.4 Å². The van der Waals surface area contributed by atoms with Crippen molar-refractivity contribution in [2.45, 2.75) is 32.4 Å². The zero-order valence-electron chi connectivity index (χ0n) is 15.8. The van der Waals surface area contributed by atoms with Crippen LogP contribution in [0.1, 0.15) is 31.3 Å². The molecule has 2 aromatic rings. The van der Waals surface area contributed by atoms with E-state index >= 15 is 0 Å². The van der Waals surface area contributed by atoms with Crippen LogP contribution in [0.25, 0.3) is 0 Å². The number of carbonyl (C=O) groups excluding carboxylic acids is 1. The number of carbonyl (C=O) groups is 1. The second-order valence-electron chi connectivity index (χ2n) is 6.70. The molecule has 0 aliphatic carbocycles. The molecule has 0 saturated carbocycles. The third kappa shape index (κ3) is 5.57. The first-order valence-electron chi connectivity index (χ1n) is 8.54. The van der Waals surface area contributed by atoms with Crippen LogP contribution in [-0.4, -0.2) is 12.0 Å². The lowest BCUT2D eigenvalue weighted by molar-refractivity contribution is -0.161. The summed E-state index contributed by atoms with van der Waals surface area (Å²) >= 11 is 5.80. The van der Waals surface area contributed by atoms with Crippen LogP contribution in [0.2, 0.25) is 5.02 Å². The summed E-state index contributed by atoms with van der Waals surface area (Å²) in [5.74, 6) is -10.5. The summed E-state index contributed by atoms with van der Waals surface area (Å²) in [7, 11) is 0. The fraction of sp³-hybridized carbons (Fsp3) is 0.316. The Hall–Kier alpha value is -2.56. The molecule has 2 rings (SSSR count). The van der Waals surface area contributed by atoms with E-state index in [9.17, 15) is 39.9 Å². The number of halogens is 9. The van der Waals surface area contributed by atoms with Crippen LogP contribution in [0.3, 0.4) is 0 Å². The zero-order valence-corrected chi connectivity index (χ0v) is 16.5. The van der Waals surface area contributed by atoms with E-state index in [1.54, 1.807) is 0 Å². The number of ether oxygens (including phenoxy) is 1. The molecule has 0 heterocycles. The minimum Gasteiger partial charge on any atom is -0.425 e. The highest BCUT2D eigenvalue weighted by Gasteiger charge is 2.33. The van der Waals surface area contributed by atoms with Gasteiger partial charge in [-0.3, -0.25) is 0 Å². The number of alkyl halides is 4. The van der Waals surface area contributed by atoms with Gasteiger partial charge < -0.3 is 10.1 Å². The zero-order chi connectivity index (χ0) is 23.7. The molecule has 0 bridgehead atoms. The molecular formula is C19H14ClF8NO2. The van der Waals surface area contributed by atoms with E-state index in [1.165, 1.54) is 13.8 Å². The van der Waals surface area contributed by atoms with Crippen LogP contribution in [0.5, 0.6) is 0 Å². The molecule has 0 aromatic heterocycles. The first kappa shape index (κ1) is 24.7. The average molecular weight is 476 g/mol. The Bertz CT molecular complexity index is 980. The van der Waals surface area contributed by atoms with E-state index in [2.05, 4.69) is 10.1 Å². The lowest BCUT2D eigenvalue weighted by atomic mass is 10.0. The molecule has 0 spiro atoms. The van der Waals surface area contributed by atoms with Crippen LogP contribution in [0.15, 0.2) is 24.3 Å². The Kier molecular flexibility index (Phi) is 7.40. The van der Waals surface area contributed by atoms with Crippen molar-refractivity contribution in [1.82, 2.24) is 0 Å². The lowest BCUT2D eigenvalue weighted by Crippen LogP contribution is -2.36. The monoisotopic (exact) mass is 475 g/mol. The SMILES string of the molecule is CC(C)C(Nc1ccc(C(F)(F)F)cc1Cl)C(=O)OC(F)c1cc(F)c(F)c(F)c1F. The van der Waals surface area contributed by atoms with E-state index in [-0.39, 0.29) is 11.8 Å². The number of esters is 1. The van der Waals surface area contributed by atoms with Crippen molar-refractivity contribution in [3.8, 4) is 0 Å². The highest BCUT2D eigenvalue weighted by molar-refractivity contribution is 6.33. The van der Waals surface area contributed by atoms with E-state index in [0.29, 0.717) is 12.1 Å². The molecular weight excluding hydrogens is 462 g/mol. The Morgan fingerprint density at radius 3 is 2.16 bits per heavy atom. The minimum atomic E-state index is -4.66. The van der Waals surface area contributed by atoms with Gasteiger partial charge in [-0.05, 0) is 30.2 Å². The van der Waals surface area contributed by atoms with E-state index in [1.807, 2.05) is 0 Å². The van der Waals surface area contributed by atoms with Gasteiger partial charge in [-0.1, -0.05) is 25.4 Å². The third-order valence-electron chi connectivity index (χ3n) is 4.12. The lowest BCUT2D eigenvalue weighted by Gasteiger charge is -2.24. The smallest absolute Gasteiger partial charge is 0.416 e. The Morgan fingerprint density at radius 2 is 1.65 bits per heavy atom. The molecule has 2 aromatic carbocycles. The summed E-state index contributed by atoms with van der Waals surface area (Å²) in [6.45, 7) is 2.92. The summed E-state index contributed by atoms with van der Waals surface area (Å²) < 4.78 is 110. The van der Waals surface area contributed by atoms with Crippen molar-refractivity contribution < 1.29 is 44.7 Å². The summed E-state index contributed by atoms with van der Waals surface area (Å²) in [4.78, 5) is 12.3. The fourth-order valence-electron chi connectivity index (χ4n) is 2.47. The van der Waals surface area contributed by atoms with E-state index in [4.69, 9.17) is 11.6 Å². The van der Waals surface area contributed by atoms with Crippen molar-refractivity contribution in [2.24, 2.45) is 5.92 Å². The van der Waals surface area contributed by atoms with E-state index in [0.717, 1.165) is 6.07 Å². The average Bonchev–Trinajstić information content (AvgIpc) is 2.66. The molecule has 170 valence electrons. The van der Waals surface area contributed by atoms with E-state index < -0.39 is 69.9 Å². The molecule has 2 unspecified atom stereocenters. The Balaban J connectivity index is 2.24. The van der Waals surface area contributed by atoms with Gasteiger partial charge in [0.1, 0.15) is 6.04 Å². The predicted octanol–water partition coefficient (Wildman–Crippen LogP) is 6.56. The number of rotatable bonds is 6. The van der Waals surface area contributed by atoms with Crippen molar-refractivity contribution in [3.05, 3.63) is 63.7 Å². The molecule has 0 amide bonds. The van der Waals surface area contributed by atoms with Crippen LogP contribution in [0.4, 0.5) is 40.8 Å². The quantitative estimate of drug-likeness (QED) is 0.222. The molecule has 2 atom stereocenters. The molecule has 31 heavy (non-hydrogen) atoms. The topological polar surface area (TPSA) is 38.3 Å². The third-order valence-corrected chi connectivity index (χ3v) is 4.44.